The molecule has 0 aromatic carbocycles. The van der Waals surface area contributed by atoms with Crippen LogP contribution in [0.25, 0.3) is 0 Å². The fraction of sp³-hybridized carbons (Fsp3) is 0.444. The smallest absolute Gasteiger partial charge is 0.396 e. The number of nitrogens with zero attached hydrogens (tertiary/aromatic N) is 2. The average molecular weight is 314 g/mol. The van der Waals surface area contributed by atoms with Crippen LogP contribution < -0.4 is 10.6 Å². The van der Waals surface area contributed by atoms with E-state index in [1.807, 2.05) is 0 Å². The first kappa shape index (κ1) is 14.0. The number of aliphatic hydroxyl groups excluding tert-OH is 1. The Kier molecular flexibility index (Phi) is 4.58. The normalized spacial score (nSPS) is 11.6. The van der Waals surface area contributed by atoms with Crippen molar-refractivity contribution in [3.05, 3.63) is 16.7 Å². The minimum Gasteiger partial charge on any atom is -0.396 e. The van der Waals surface area contributed by atoms with Gasteiger partial charge in [0.05, 0.1) is 12.3 Å². The number of aliphatic hydroxyl groups is 1. The molecule has 0 aliphatic heterocycles. The van der Waals surface area contributed by atoms with Crippen molar-refractivity contribution in [3.63, 3.8) is 0 Å². The van der Waals surface area contributed by atoms with Crippen LogP contribution >= 0.6 is 15.9 Å². The van der Waals surface area contributed by atoms with E-state index in [2.05, 4.69) is 20.9 Å². The third-order valence-electron chi connectivity index (χ3n) is 1.90. The summed E-state index contributed by atoms with van der Waals surface area (Å²) in [5.74, 6) is 0.0135. The number of hydrogen-bond donors (Lipinski definition) is 2. The van der Waals surface area contributed by atoms with Crippen molar-refractivity contribution in [1.82, 2.24) is 4.98 Å². The van der Waals surface area contributed by atoms with Gasteiger partial charge in [0.2, 0.25) is 0 Å². The van der Waals surface area contributed by atoms with Gasteiger partial charge in [-0.2, -0.15) is 13.2 Å². The second-order valence-electron chi connectivity index (χ2n) is 3.33. The Labute approximate surface area is 104 Å². The lowest BCUT2D eigenvalue weighted by atomic mass is 10.3. The van der Waals surface area contributed by atoms with Crippen molar-refractivity contribution in [2.75, 3.05) is 30.3 Å². The first-order chi connectivity index (χ1) is 7.83. The van der Waals surface area contributed by atoms with Crippen LogP contribution in [0, 0.1) is 0 Å². The molecule has 3 N–H and O–H groups in total. The van der Waals surface area contributed by atoms with Crippen molar-refractivity contribution in [1.29, 1.82) is 0 Å². The zero-order chi connectivity index (χ0) is 13.1. The van der Waals surface area contributed by atoms with Crippen LogP contribution in [0.1, 0.15) is 0 Å². The molecule has 17 heavy (non-hydrogen) atoms. The summed E-state index contributed by atoms with van der Waals surface area (Å²) in [4.78, 5) is 4.71. The van der Waals surface area contributed by atoms with Gasteiger partial charge in [0.15, 0.2) is 5.82 Å². The van der Waals surface area contributed by atoms with Crippen LogP contribution in [0.2, 0.25) is 0 Å². The van der Waals surface area contributed by atoms with Gasteiger partial charge in [-0.3, -0.25) is 0 Å². The number of hydrogen-bond acceptors (Lipinski definition) is 4. The number of rotatable bonds is 4. The molecular formula is C9H11BrF3N3O. The van der Waals surface area contributed by atoms with Gasteiger partial charge in [-0.1, -0.05) is 0 Å². The summed E-state index contributed by atoms with van der Waals surface area (Å²) in [5, 5.41) is 8.75. The Morgan fingerprint density at radius 3 is 2.59 bits per heavy atom. The van der Waals surface area contributed by atoms with Gasteiger partial charge in [0, 0.05) is 17.2 Å². The Morgan fingerprint density at radius 2 is 2.12 bits per heavy atom. The van der Waals surface area contributed by atoms with Crippen LogP contribution in [0.5, 0.6) is 0 Å². The summed E-state index contributed by atoms with van der Waals surface area (Å²) in [6, 6.07) is 1.46. The van der Waals surface area contributed by atoms with E-state index in [1.54, 1.807) is 0 Å². The minimum absolute atomic E-state index is 0.0135. The molecule has 96 valence electrons. The second-order valence-corrected chi connectivity index (χ2v) is 4.24. The zero-order valence-electron chi connectivity index (χ0n) is 8.71. The van der Waals surface area contributed by atoms with Crippen molar-refractivity contribution >= 4 is 27.4 Å². The standard InChI is InChI=1S/C9H11BrF3N3O/c10-6-3-7(14)8(15-4-6)16(1-2-17)5-9(11,12)13/h3-4,17H,1-2,5,14H2. The maximum atomic E-state index is 12.3. The predicted molar refractivity (Wildman–Crippen MR) is 61.7 cm³/mol. The van der Waals surface area contributed by atoms with Gasteiger partial charge in [-0.15, -0.1) is 0 Å². The number of halogens is 4. The van der Waals surface area contributed by atoms with Crippen LogP contribution in [0.4, 0.5) is 24.7 Å². The first-order valence-electron chi connectivity index (χ1n) is 4.67. The van der Waals surface area contributed by atoms with Crippen LogP contribution in [-0.4, -0.2) is 36.0 Å². The molecule has 0 aliphatic carbocycles. The quantitative estimate of drug-likeness (QED) is 0.889. The van der Waals surface area contributed by atoms with Crippen molar-refractivity contribution in [2.24, 2.45) is 0 Å². The van der Waals surface area contributed by atoms with E-state index < -0.39 is 19.3 Å². The topological polar surface area (TPSA) is 62.4 Å². The van der Waals surface area contributed by atoms with Crippen molar-refractivity contribution in [3.8, 4) is 0 Å². The molecule has 4 nitrogen and oxygen atoms in total. The molecule has 0 unspecified atom stereocenters. The van der Waals surface area contributed by atoms with Crippen LogP contribution in [-0.2, 0) is 0 Å². The summed E-state index contributed by atoms with van der Waals surface area (Å²) in [6.07, 6.45) is -3.02. The van der Waals surface area contributed by atoms with E-state index in [-0.39, 0.29) is 18.1 Å². The van der Waals surface area contributed by atoms with Crippen LogP contribution in [0.3, 0.4) is 0 Å². The molecule has 0 fully saturated rings. The highest BCUT2D eigenvalue weighted by molar-refractivity contribution is 9.10. The largest absolute Gasteiger partial charge is 0.405 e. The Hall–Kier alpha value is -1.02. The van der Waals surface area contributed by atoms with Gasteiger partial charge in [-0.05, 0) is 22.0 Å². The fourth-order valence-electron chi connectivity index (χ4n) is 1.31. The third-order valence-corrected chi connectivity index (χ3v) is 2.34. The molecule has 0 bridgehead atoms. The monoisotopic (exact) mass is 313 g/mol. The summed E-state index contributed by atoms with van der Waals surface area (Å²) < 4.78 is 37.6. The Balaban J connectivity index is 2.97. The van der Waals surface area contributed by atoms with Gasteiger partial charge in [0.1, 0.15) is 6.54 Å². The SMILES string of the molecule is Nc1cc(Br)cnc1N(CCO)CC(F)(F)F. The van der Waals surface area contributed by atoms with Gasteiger partial charge in [0.25, 0.3) is 0 Å². The molecule has 0 aliphatic rings. The highest BCUT2D eigenvalue weighted by atomic mass is 79.9. The second kappa shape index (κ2) is 5.54. The highest BCUT2D eigenvalue weighted by Crippen LogP contribution is 2.26. The summed E-state index contributed by atoms with van der Waals surface area (Å²) in [6.45, 7) is -1.79. The fourth-order valence-corrected chi connectivity index (χ4v) is 1.66. The first-order valence-corrected chi connectivity index (χ1v) is 5.46. The van der Waals surface area contributed by atoms with E-state index in [1.165, 1.54) is 12.3 Å². The number of nitrogen functional groups attached to an aromatic ring is 1. The molecule has 0 spiro atoms. The Bertz CT molecular complexity index is 386. The van der Waals surface area contributed by atoms with Crippen molar-refractivity contribution in [2.45, 2.75) is 6.18 Å². The molecule has 0 saturated heterocycles. The number of nitrogens with two attached hydrogens (primary N) is 1. The molecule has 0 atom stereocenters. The van der Waals surface area contributed by atoms with Crippen LogP contribution in [0.15, 0.2) is 16.7 Å². The summed E-state index contributed by atoms with van der Waals surface area (Å²) in [7, 11) is 0. The third kappa shape index (κ3) is 4.39. The molecule has 0 amide bonds. The lowest BCUT2D eigenvalue weighted by molar-refractivity contribution is -0.119. The van der Waals surface area contributed by atoms with Crippen molar-refractivity contribution < 1.29 is 18.3 Å². The number of anilines is 2. The van der Waals surface area contributed by atoms with Gasteiger partial charge in [-0.25, -0.2) is 4.98 Å². The minimum atomic E-state index is -4.38. The van der Waals surface area contributed by atoms with E-state index in [0.29, 0.717) is 4.47 Å². The number of alkyl halides is 3. The lowest BCUT2D eigenvalue weighted by Crippen LogP contribution is -2.37. The number of pyridine rings is 1. The molecule has 8 heteroatoms. The molecule has 1 aromatic rings. The maximum Gasteiger partial charge on any atom is 0.405 e. The predicted octanol–water partition coefficient (Wildman–Crippen LogP) is 1.79. The summed E-state index contributed by atoms with van der Waals surface area (Å²) >= 11 is 3.11. The average Bonchev–Trinajstić information content (AvgIpc) is 2.14. The summed E-state index contributed by atoms with van der Waals surface area (Å²) in [5.41, 5.74) is 5.71. The van der Waals surface area contributed by atoms with Gasteiger partial charge >= 0.3 is 6.18 Å². The lowest BCUT2D eigenvalue weighted by Gasteiger charge is -2.25. The molecule has 0 radical (unpaired) electrons. The molecule has 1 aromatic heterocycles. The molecule has 1 heterocycles. The molecule has 0 saturated carbocycles. The maximum absolute atomic E-state index is 12.3. The van der Waals surface area contributed by atoms with Gasteiger partial charge < -0.3 is 15.7 Å². The molecule has 1 rings (SSSR count). The highest BCUT2D eigenvalue weighted by Gasteiger charge is 2.31. The van der Waals surface area contributed by atoms with E-state index in [9.17, 15) is 13.2 Å². The Morgan fingerprint density at radius 1 is 1.47 bits per heavy atom. The molecular weight excluding hydrogens is 303 g/mol. The number of aromatic nitrogens is 1. The van der Waals surface area contributed by atoms with E-state index in [4.69, 9.17) is 10.8 Å². The zero-order valence-corrected chi connectivity index (χ0v) is 10.3. The van der Waals surface area contributed by atoms with E-state index >= 15 is 0 Å². The van der Waals surface area contributed by atoms with E-state index in [0.717, 1.165) is 4.90 Å².